The van der Waals surface area contributed by atoms with Crippen LogP contribution in [-0.2, 0) is 7.05 Å². The van der Waals surface area contributed by atoms with Crippen LogP contribution < -0.4 is 5.73 Å². The van der Waals surface area contributed by atoms with Gasteiger partial charge in [-0.2, -0.15) is 5.10 Å². The fourth-order valence-corrected chi connectivity index (χ4v) is 0.776. The highest BCUT2D eigenvalue weighted by Gasteiger charge is 2.09. The Hall–Kier alpha value is -1.76. The third-order valence-corrected chi connectivity index (χ3v) is 1.22. The van der Waals surface area contributed by atoms with Crippen molar-refractivity contribution in [3.05, 3.63) is 17.5 Å². The van der Waals surface area contributed by atoms with Crippen LogP contribution in [0.15, 0.2) is 6.20 Å². The topological polar surface area (TPSA) is 60.9 Å². The van der Waals surface area contributed by atoms with E-state index in [9.17, 15) is 4.79 Å². The van der Waals surface area contributed by atoms with Crippen LogP contribution in [0.5, 0.6) is 0 Å². The first-order valence-corrected chi connectivity index (χ1v) is 2.95. The Bertz CT molecular complexity index is 332. The first-order valence-electron chi connectivity index (χ1n) is 2.95. The second kappa shape index (κ2) is 2.46. The molecule has 0 spiro atoms. The van der Waals surface area contributed by atoms with E-state index < -0.39 is 5.91 Å². The molecule has 4 nitrogen and oxygen atoms in total. The molecule has 0 radical (unpaired) electrons. The summed E-state index contributed by atoms with van der Waals surface area (Å²) in [6, 6.07) is 0. The third-order valence-electron chi connectivity index (χ3n) is 1.22. The first-order chi connectivity index (χ1) is 5.15. The van der Waals surface area contributed by atoms with Crippen molar-refractivity contribution >= 4 is 5.91 Å². The molecule has 1 heterocycles. The summed E-state index contributed by atoms with van der Waals surface area (Å²) in [5, 5.41) is 3.78. The lowest BCUT2D eigenvalue weighted by Crippen LogP contribution is -2.13. The van der Waals surface area contributed by atoms with Crippen LogP contribution >= 0.6 is 0 Å². The minimum absolute atomic E-state index is 0.148. The molecule has 1 amide bonds. The van der Waals surface area contributed by atoms with Crippen molar-refractivity contribution in [2.24, 2.45) is 12.8 Å². The molecule has 11 heavy (non-hydrogen) atoms. The number of primary amides is 1. The monoisotopic (exact) mass is 149 g/mol. The predicted molar refractivity (Wildman–Crippen MR) is 39.7 cm³/mol. The molecule has 1 aromatic rings. The Labute approximate surface area is 64.0 Å². The summed E-state index contributed by atoms with van der Waals surface area (Å²) in [5.41, 5.74) is 5.57. The molecule has 0 fully saturated rings. The van der Waals surface area contributed by atoms with Crippen molar-refractivity contribution in [2.45, 2.75) is 0 Å². The average Bonchev–Trinajstić information content (AvgIpc) is 2.30. The van der Waals surface area contributed by atoms with Crippen LogP contribution in [0.3, 0.4) is 0 Å². The van der Waals surface area contributed by atoms with Crippen LogP contribution in [0.4, 0.5) is 0 Å². The zero-order valence-corrected chi connectivity index (χ0v) is 6.03. The number of rotatable bonds is 1. The largest absolute Gasteiger partial charge is 0.364 e. The summed E-state index contributed by atoms with van der Waals surface area (Å²) in [5.74, 6) is 1.72. The maximum Gasteiger partial charge on any atom is 0.270 e. The third kappa shape index (κ3) is 1.22. The van der Waals surface area contributed by atoms with Crippen molar-refractivity contribution in [3.63, 3.8) is 0 Å². The average molecular weight is 149 g/mol. The lowest BCUT2D eigenvalue weighted by Gasteiger charge is -1.85. The number of hydrogen-bond donors (Lipinski definition) is 1. The van der Waals surface area contributed by atoms with Crippen molar-refractivity contribution < 1.29 is 4.79 Å². The Balaban J connectivity index is 3.26. The molecule has 4 heteroatoms. The molecule has 0 unspecified atom stereocenters. The Morgan fingerprint density at radius 3 is 2.91 bits per heavy atom. The molecule has 0 atom stereocenters. The van der Waals surface area contributed by atoms with Crippen LogP contribution in [0, 0.1) is 12.3 Å². The van der Waals surface area contributed by atoms with E-state index >= 15 is 0 Å². The van der Waals surface area contributed by atoms with Crippen LogP contribution in [0.2, 0.25) is 0 Å². The highest BCUT2D eigenvalue weighted by atomic mass is 16.1. The van der Waals surface area contributed by atoms with Gasteiger partial charge in [-0.15, -0.1) is 6.42 Å². The SMILES string of the molecule is C#Cc1cn(C)nc1C(N)=O. The second-order valence-corrected chi connectivity index (χ2v) is 2.07. The van der Waals surface area contributed by atoms with E-state index in [1.165, 1.54) is 4.68 Å². The molecule has 0 saturated heterocycles. The molecule has 0 aromatic carbocycles. The second-order valence-electron chi connectivity index (χ2n) is 2.07. The van der Waals surface area contributed by atoms with E-state index in [1.54, 1.807) is 13.2 Å². The zero-order valence-electron chi connectivity index (χ0n) is 6.03. The summed E-state index contributed by atoms with van der Waals surface area (Å²) in [4.78, 5) is 10.6. The molecule has 0 aliphatic carbocycles. The molecule has 0 saturated carbocycles. The minimum Gasteiger partial charge on any atom is -0.364 e. The van der Waals surface area contributed by atoms with Gasteiger partial charge >= 0.3 is 0 Å². The number of carbonyl (C=O) groups is 1. The molecular formula is C7H7N3O. The first kappa shape index (κ1) is 7.35. The van der Waals surface area contributed by atoms with Crippen LogP contribution in [0.1, 0.15) is 16.1 Å². The number of hydrogen-bond acceptors (Lipinski definition) is 2. The molecule has 1 aromatic heterocycles. The number of nitrogens with two attached hydrogens (primary N) is 1. The van der Waals surface area contributed by atoms with Crippen molar-refractivity contribution in [2.75, 3.05) is 0 Å². The van der Waals surface area contributed by atoms with E-state index in [0.29, 0.717) is 5.56 Å². The molecule has 56 valence electrons. The highest BCUT2D eigenvalue weighted by molar-refractivity contribution is 5.93. The van der Waals surface area contributed by atoms with Gasteiger partial charge in [0.15, 0.2) is 5.69 Å². The van der Waals surface area contributed by atoms with Gasteiger partial charge in [-0.1, -0.05) is 5.92 Å². The Morgan fingerprint density at radius 1 is 1.91 bits per heavy atom. The summed E-state index contributed by atoms with van der Waals surface area (Å²) < 4.78 is 1.45. The standard InChI is InChI=1S/C7H7N3O/c1-3-5-4-10(2)9-6(5)7(8)11/h1,4H,2H3,(H2,8,11). The number of carbonyl (C=O) groups excluding carboxylic acids is 1. The van der Waals surface area contributed by atoms with Gasteiger partial charge in [0.05, 0.1) is 5.56 Å². The van der Waals surface area contributed by atoms with E-state index in [1.807, 2.05) is 0 Å². The van der Waals surface area contributed by atoms with Crippen molar-refractivity contribution in [3.8, 4) is 12.3 Å². The molecular weight excluding hydrogens is 142 g/mol. The fourth-order valence-electron chi connectivity index (χ4n) is 0.776. The highest BCUT2D eigenvalue weighted by Crippen LogP contribution is 2.02. The molecule has 0 aliphatic rings. The Morgan fingerprint density at radius 2 is 2.55 bits per heavy atom. The normalized spacial score (nSPS) is 9.09. The van der Waals surface area contributed by atoms with E-state index in [0.717, 1.165) is 0 Å². The van der Waals surface area contributed by atoms with Gasteiger partial charge in [-0.25, -0.2) is 0 Å². The van der Waals surface area contributed by atoms with Gasteiger partial charge in [0.25, 0.3) is 5.91 Å². The van der Waals surface area contributed by atoms with Crippen molar-refractivity contribution in [1.29, 1.82) is 0 Å². The zero-order chi connectivity index (χ0) is 8.43. The fraction of sp³-hybridized carbons (Fsp3) is 0.143. The summed E-state index contributed by atoms with van der Waals surface area (Å²) in [6.07, 6.45) is 6.66. The maximum atomic E-state index is 10.6. The van der Waals surface area contributed by atoms with Gasteiger partial charge in [-0.3, -0.25) is 9.48 Å². The van der Waals surface area contributed by atoms with E-state index in [4.69, 9.17) is 12.2 Å². The molecule has 0 aliphatic heterocycles. The molecule has 2 N–H and O–H groups in total. The number of terminal acetylenes is 1. The Kier molecular flexibility index (Phi) is 1.65. The van der Waals surface area contributed by atoms with Gasteiger partial charge in [0.2, 0.25) is 0 Å². The summed E-state index contributed by atoms with van der Waals surface area (Å²) >= 11 is 0. The van der Waals surface area contributed by atoms with Crippen molar-refractivity contribution in [1.82, 2.24) is 9.78 Å². The lowest BCUT2D eigenvalue weighted by molar-refractivity contribution is 0.0994. The van der Waals surface area contributed by atoms with Gasteiger partial charge in [-0.05, 0) is 0 Å². The lowest BCUT2D eigenvalue weighted by atomic mass is 10.2. The summed E-state index contributed by atoms with van der Waals surface area (Å²) in [7, 11) is 1.67. The molecule has 0 bridgehead atoms. The smallest absolute Gasteiger partial charge is 0.270 e. The molecule has 1 rings (SSSR count). The number of nitrogens with zero attached hydrogens (tertiary/aromatic N) is 2. The maximum absolute atomic E-state index is 10.6. The van der Waals surface area contributed by atoms with Crippen LogP contribution in [-0.4, -0.2) is 15.7 Å². The number of aryl methyl sites for hydroxylation is 1. The van der Waals surface area contributed by atoms with E-state index in [2.05, 4.69) is 11.0 Å². The minimum atomic E-state index is -0.599. The van der Waals surface area contributed by atoms with E-state index in [-0.39, 0.29) is 5.69 Å². The van der Waals surface area contributed by atoms with Gasteiger partial charge < -0.3 is 5.73 Å². The van der Waals surface area contributed by atoms with Gasteiger partial charge in [0.1, 0.15) is 0 Å². The summed E-state index contributed by atoms with van der Waals surface area (Å²) in [6.45, 7) is 0. The quantitative estimate of drug-likeness (QED) is 0.547. The van der Waals surface area contributed by atoms with Gasteiger partial charge in [0, 0.05) is 13.2 Å². The number of aromatic nitrogens is 2. The predicted octanol–water partition coefficient (Wildman–Crippen LogP) is -0.500. The number of amides is 1. The van der Waals surface area contributed by atoms with Crippen LogP contribution in [0.25, 0.3) is 0 Å².